The van der Waals surface area contributed by atoms with Gasteiger partial charge in [-0.15, -0.1) is 0 Å². The number of nitrogens with one attached hydrogen (secondary N) is 1. The second-order valence-corrected chi connectivity index (χ2v) is 9.21. The van der Waals surface area contributed by atoms with Crippen LogP contribution in [0.2, 0.25) is 5.02 Å². The summed E-state index contributed by atoms with van der Waals surface area (Å²) in [5, 5.41) is 1.33. The van der Waals surface area contributed by atoms with Crippen molar-refractivity contribution < 1.29 is 19.1 Å². The Morgan fingerprint density at radius 2 is 1.82 bits per heavy atom. The van der Waals surface area contributed by atoms with Crippen molar-refractivity contribution in [2.24, 2.45) is 0 Å². The Hall–Kier alpha value is -3.33. The third kappa shape index (κ3) is 5.41. The standard InChI is InChI=1S/C25H19ClN2O4S2/c1-31-21-13-17(11-12-20(21)32-15-16-7-3-2-4-8-16)14-22-24(30)28(25(33)34-22)27-23(29)18-9-5-6-10-19(18)26/h2-14H,15H2,1H3,(H,27,29)/b22-14-. The van der Waals surface area contributed by atoms with E-state index < -0.39 is 11.8 Å². The van der Waals surface area contributed by atoms with Gasteiger partial charge in [-0.05, 0) is 53.7 Å². The van der Waals surface area contributed by atoms with Crippen molar-refractivity contribution in [2.75, 3.05) is 7.11 Å². The van der Waals surface area contributed by atoms with Crippen LogP contribution in [-0.2, 0) is 11.4 Å². The number of nitrogens with zero attached hydrogens (tertiary/aromatic N) is 1. The third-order valence-electron chi connectivity index (χ3n) is 4.85. The number of thioether (sulfide) groups is 1. The minimum Gasteiger partial charge on any atom is -0.493 e. The summed E-state index contributed by atoms with van der Waals surface area (Å²) in [6.45, 7) is 0.403. The first kappa shape index (κ1) is 23.8. The highest BCUT2D eigenvalue weighted by Gasteiger charge is 2.34. The van der Waals surface area contributed by atoms with E-state index in [9.17, 15) is 9.59 Å². The van der Waals surface area contributed by atoms with E-state index in [1.807, 2.05) is 36.4 Å². The number of halogens is 1. The fourth-order valence-corrected chi connectivity index (χ4v) is 4.55. The molecule has 0 saturated carbocycles. The van der Waals surface area contributed by atoms with E-state index in [0.717, 1.165) is 27.9 Å². The first-order valence-corrected chi connectivity index (χ1v) is 11.7. The summed E-state index contributed by atoms with van der Waals surface area (Å²) in [6, 6.07) is 21.8. The summed E-state index contributed by atoms with van der Waals surface area (Å²) < 4.78 is 11.6. The summed E-state index contributed by atoms with van der Waals surface area (Å²) in [5.74, 6) is 0.166. The molecule has 0 aliphatic carbocycles. The minimum atomic E-state index is -0.523. The topological polar surface area (TPSA) is 67.9 Å². The quantitative estimate of drug-likeness (QED) is 0.335. The highest BCUT2D eigenvalue weighted by atomic mass is 35.5. The van der Waals surface area contributed by atoms with Crippen molar-refractivity contribution in [3.63, 3.8) is 0 Å². The Bertz CT molecular complexity index is 1280. The van der Waals surface area contributed by atoms with Gasteiger partial charge in [0.15, 0.2) is 15.8 Å². The SMILES string of the molecule is COc1cc(/C=C2\SC(=S)N(NC(=O)c3ccccc3Cl)C2=O)ccc1OCc1ccccc1. The maximum absolute atomic E-state index is 12.9. The van der Waals surface area contributed by atoms with Gasteiger partial charge in [-0.2, -0.15) is 5.01 Å². The molecule has 1 saturated heterocycles. The number of rotatable bonds is 7. The van der Waals surface area contributed by atoms with Gasteiger partial charge in [0.1, 0.15) is 6.61 Å². The Morgan fingerprint density at radius 3 is 2.56 bits per heavy atom. The maximum Gasteiger partial charge on any atom is 0.285 e. The van der Waals surface area contributed by atoms with E-state index in [4.69, 9.17) is 33.3 Å². The lowest BCUT2D eigenvalue weighted by molar-refractivity contribution is -0.123. The average Bonchev–Trinajstić information content (AvgIpc) is 3.11. The number of hydrazine groups is 1. The van der Waals surface area contributed by atoms with Crippen molar-refractivity contribution >= 4 is 57.8 Å². The lowest BCUT2D eigenvalue weighted by Crippen LogP contribution is -2.44. The Balaban J connectivity index is 1.48. The average molecular weight is 511 g/mol. The maximum atomic E-state index is 12.9. The summed E-state index contributed by atoms with van der Waals surface area (Å²) >= 11 is 12.5. The number of hydrogen-bond acceptors (Lipinski definition) is 6. The molecule has 3 aromatic carbocycles. The second-order valence-electron chi connectivity index (χ2n) is 7.12. The second kappa shape index (κ2) is 10.7. The predicted octanol–water partition coefficient (Wildman–Crippen LogP) is 5.47. The summed E-state index contributed by atoms with van der Waals surface area (Å²) in [6.07, 6.45) is 1.68. The molecule has 1 aliphatic heterocycles. The first-order chi connectivity index (χ1) is 16.5. The molecule has 0 bridgehead atoms. The molecule has 1 aliphatic rings. The smallest absolute Gasteiger partial charge is 0.285 e. The van der Waals surface area contributed by atoms with Gasteiger partial charge >= 0.3 is 0 Å². The molecule has 34 heavy (non-hydrogen) atoms. The molecule has 1 heterocycles. The zero-order valence-corrected chi connectivity index (χ0v) is 20.4. The van der Waals surface area contributed by atoms with E-state index >= 15 is 0 Å². The number of thiocarbonyl (C=S) groups is 1. The Labute approximate surface area is 211 Å². The normalized spacial score (nSPS) is 14.4. The van der Waals surface area contributed by atoms with Crippen LogP contribution in [0.3, 0.4) is 0 Å². The fraction of sp³-hybridized carbons (Fsp3) is 0.0800. The molecule has 0 aromatic heterocycles. The lowest BCUT2D eigenvalue weighted by Gasteiger charge is -2.16. The van der Waals surface area contributed by atoms with Crippen molar-refractivity contribution in [1.29, 1.82) is 0 Å². The van der Waals surface area contributed by atoms with Crippen molar-refractivity contribution in [3.05, 3.63) is 99.4 Å². The molecule has 172 valence electrons. The molecule has 0 unspecified atom stereocenters. The number of methoxy groups -OCH3 is 1. The van der Waals surface area contributed by atoms with Crippen molar-refractivity contribution in [3.8, 4) is 11.5 Å². The molecule has 1 N–H and O–H groups in total. The summed E-state index contributed by atoms with van der Waals surface area (Å²) in [7, 11) is 1.55. The van der Waals surface area contributed by atoms with E-state index in [0.29, 0.717) is 23.0 Å². The minimum absolute atomic E-state index is 0.214. The van der Waals surface area contributed by atoms with Gasteiger partial charge in [0, 0.05) is 0 Å². The lowest BCUT2D eigenvalue weighted by atomic mass is 10.2. The van der Waals surface area contributed by atoms with E-state index in [1.165, 1.54) is 0 Å². The Morgan fingerprint density at radius 1 is 1.09 bits per heavy atom. The zero-order chi connectivity index (χ0) is 24.1. The molecular formula is C25H19ClN2O4S2. The molecular weight excluding hydrogens is 492 g/mol. The van der Waals surface area contributed by atoms with Gasteiger partial charge in [-0.25, -0.2) is 0 Å². The molecule has 3 aromatic rings. The molecule has 1 fully saturated rings. The molecule has 4 rings (SSSR count). The monoisotopic (exact) mass is 510 g/mol. The summed E-state index contributed by atoms with van der Waals surface area (Å²) in [4.78, 5) is 25.8. The molecule has 0 atom stereocenters. The molecule has 6 nitrogen and oxygen atoms in total. The third-order valence-corrected chi connectivity index (χ3v) is 6.48. The van der Waals surface area contributed by atoms with Crippen LogP contribution in [0.4, 0.5) is 0 Å². The van der Waals surface area contributed by atoms with Crippen LogP contribution < -0.4 is 14.9 Å². The van der Waals surface area contributed by atoms with Crippen LogP contribution in [0.25, 0.3) is 6.08 Å². The van der Waals surface area contributed by atoms with Crippen molar-refractivity contribution in [2.45, 2.75) is 6.61 Å². The number of hydrogen-bond donors (Lipinski definition) is 1. The molecule has 9 heteroatoms. The predicted molar refractivity (Wildman–Crippen MR) is 138 cm³/mol. The van der Waals surface area contributed by atoms with Crippen LogP contribution in [0, 0.1) is 0 Å². The largest absolute Gasteiger partial charge is 0.493 e. The van der Waals surface area contributed by atoms with Gasteiger partial charge in [0.05, 0.1) is 22.6 Å². The zero-order valence-electron chi connectivity index (χ0n) is 18.0. The molecule has 0 spiro atoms. The Kier molecular flexibility index (Phi) is 7.52. The van der Waals surface area contributed by atoms with Crippen LogP contribution in [0.15, 0.2) is 77.7 Å². The van der Waals surface area contributed by atoms with Gasteiger partial charge in [0.25, 0.3) is 11.8 Å². The molecule has 0 radical (unpaired) electrons. The molecule has 2 amide bonds. The van der Waals surface area contributed by atoms with Gasteiger partial charge < -0.3 is 9.47 Å². The number of carbonyl (C=O) groups excluding carboxylic acids is 2. The summed E-state index contributed by atoms with van der Waals surface area (Å²) in [5.41, 5.74) is 4.54. The first-order valence-electron chi connectivity index (χ1n) is 10.1. The van der Waals surface area contributed by atoms with E-state index in [2.05, 4.69) is 5.43 Å². The van der Waals surface area contributed by atoms with Crippen LogP contribution in [-0.4, -0.2) is 28.3 Å². The van der Waals surface area contributed by atoms with Gasteiger partial charge in [-0.1, -0.05) is 71.9 Å². The van der Waals surface area contributed by atoms with Crippen LogP contribution in [0.1, 0.15) is 21.5 Å². The van der Waals surface area contributed by atoms with Crippen LogP contribution >= 0.6 is 35.6 Å². The van der Waals surface area contributed by atoms with Gasteiger partial charge in [0.2, 0.25) is 0 Å². The van der Waals surface area contributed by atoms with Crippen molar-refractivity contribution in [1.82, 2.24) is 10.4 Å². The number of benzene rings is 3. The highest BCUT2D eigenvalue weighted by molar-refractivity contribution is 8.26. The van der Waals surface area contributed by atoms with Crippen LogP contribution in [0.5, 0.6) is 11.5 Å². The fourth-order valence-electron chi connectivity index (χ4n) is 3.15. The number of amides is 2. The van der Waals surface area contributed by atoms with E-state index in [1.54, 1.807) is 49.6 Å². The van der Waals surface area contributed by atoms with Gasteiger partial charge in [-0.3, -0.25) is 15.0 Å². The number of carbonyl (C=O) groups is 2. The number of ether oxygens (including phenoxy) is 2. The highest BCUT2D eigenvalue weighted by Crippen LogP contribution is 2.34. The van der Waals surface area contributed by atoms with E-state index in [-0.39, 0.29) is 14.9 Å².